The van der Waals surface area contributed by atoms with Crippen LogP contribution in [0.3, 0.4) is 0 Å². The van der Waals surface area contributed by atoms with Crippen molar-refractivity contribution in [3.8, 4) is 0 Å². The predicted octanol–water partition coefficient (Wildman–Crippen LogP) is 2.87. The first-order valence-corrected chi connectivity index (χ1v) is 9.75. The molecule has 30 heavy (non-hydrogen) atoms. The number of fused-ring (bicyclic) bond motifs is 1. The number of alkyl halides is 2. The first-order chi connectivity index (χ1) is 14.5. The SMILES string of the molecule is Cc1nnc(NCc2cccc(C(F)(F)CO)c2)c2cc(N3CCOCC3)cnc12. The van der Waals surface area contributed by atoms with Gasteiger partial charge in [-0.2, -0.15) is 13.9 Å². The Morgan fingerprint density at radius 3 is 2.77 bits per heavy atom. The highest BCUT2D eigenvalue weighted by atomic mass is 19.3. The molecule has 3 heterocycles. The maximum atomic E-state index is 13.8. The monoisotopic (exact) mass is 415 g/mol. The van der Waals surface area contributed by atoms with E-state index in [-0.39, 0.29) is 12.1 Å². The minimum Gasteiger partial charge on any atom is -0.390 e. The largest absolute Gasteiger partial charge is 0.390 e. The van der Waals surface area contributed by atoms with E-state index in [1.54, 1.807) is 12.1 Å². The van der Waals surface area contributed by atoms with E-state index in [0.29, 0.717) is 30.3 Å². The average molecular weight is 415 g/mol. The summed E-state index contributed by atoms with van der Waals surface area (Å²) in [5.74, 6) is -2.74. The van der Waals surface area contributed by atoms with Crippen LogP contribution in [0.5, 0.6) is 0 Å². The van der Waals surface area contributed by atoms with Gasteiger partial charge in [0, 0.05) is 30.6 Å². The number of aliphatic hydroxyl groups excluding tert-OH is 1. The lowest BCUT2D eigenvalue weighted by Gasteiger charge is -2.28. The highest BCUT2D eigenvalue weighted by molar-refractivity contribution is 5.92. The Balaban J connectivity index is 1.61. The van der Waals surface area contributed by atoms with Gasteiger partial charge < -0.3 is 20.1 Å². The fourth-order valence-electron chi connectivity index (χ4n) is 3.46. The summed E-state index contributed by atoms with van der Waals surface area (Å²) >= 11 is 0. The van der Waals surface area contributed by atoms with Gasteiger partial charge in [0.25, 0.3) is 5.92 Å². The van der Waals surface area contributed by atoms with E-state index in [1.807, 2.05) is 19.2 Å². The third-order valence-electron chi connectivity index (χ3n) is 5.16. The molecule has 1 fully saturated rings. The molecule has 2 N–H and O–H groups in total. The van der Waals surface area contributed by atoms with Gasteiger partial charge in [-0.1, -0.05) is 18.2 Å². The molecule has 158 valence electrons. The van der Waals surface area contributed by atoms with Crippen LogP contribution in [0.15, 0.2) is 36.5 Å². The summed E-state index contributed by atoms with van der Waals surface area (Å²) in [4.78, 5) is 6.78. The maximum absolute atomic E-state index is 13.8. The molecular formula is C21H23F2N5O2. The summed E-state index contributed by atoms with van der Waals surface area (Å²) in [6, 6.07) is 8.00. The first-order valence-electron chi connectivity index (χ1n) is 9.75. The molecule has 4 rings (SSSR count). The van der Waals surface area contributed by atoms with Crippen molar-refractivity contribution >= 4 is 22.4 Å². The van der Waals surface area contributed by atoms with Crippen molar-refractivity contribution in [1.82, 2.24) is 15.2 Å². The third kappa shape index (κ3) is 4.17. The molecule has 9 heteroatoms. The zero-order valence-electron chi connectivity index (χ0n) is 16.6. The molecule has 1 aliphatic rings. The number of nitrogens with zero attached hydrogens (tertiary/aromatic N) is 4. The number of morpholine rings is 1. The van der Waals surface area contributed by atoms with Crippen LogP contribution in [0.25, 0.3) is 10.9 Å². The number of nitrogens with one attached hydrogen (secondary N) is 1. The van der Waals surface area contributed by atoms with Gasteiger partial charge in [0.05, 0.1) is 36.3 Å². The molecule has 7 nitrogen and oxygen atoms in total. The van der Waals surface area contributed by atoms with Crippen LogP contribution in [0.1, 0.15) is 16.8 Å². The Labute approximate surface area is 172 Å². The van der Waals surface area contributed by atoms with E-state index in [1.165, 1.54) is 12.1 Å². The van der Waals surface area contributed by atoms with Crippen molar-refractivity contribution < 1.29 is 18.6 Å². The van der Waals surface area contributed by atoms with Crippen LogP contribution in [0.2, 0.25) is 0 Å². The molecule has 0 saturated carbocycles. The minimum atomic E-state index is -3.27. The molecule has 1 aliphatic heterocycles. The molecule has 1 aromatic carbocycles. The Kier molecular flexibility index (Phi) is 5.74. The van der Waals surface area contributed by atoms with Crippen LogP contribution >= 0.6 is 0 Å². The van der Waals surface area contributed by atoms with Crippen molar-refractivity contribution in [3.63, 3.8) is 0 Å². The number of pyridine rings is 1. The molecule has 0 bridgehead atoms. The Hall–Kier alpha value is -2.91. The molecule has 0 amide bonds. The number of hydrogen-bond donors (Lipinski definition) is 2. The van der Waals surface area contributed by atoms with Crippen molar-refractivity contribution in [3.05, 3.63) is 53.3 Å². The number of anilines is 2. The molecule has 2 aromatic heterocycles. The number of benzene rings is 1. The summed E-state index contributed by atoms with van der Waals surface area (Å²) in [7, 11) is 0. The highest BCUT2D eigenvalue weighted by Gasteiger charge is 2.30. The second-order valence-corrected chi connectivity index (χ2v) is 7.24. The maximum Gasteiger partial charge on any atom is 0.295 e. The summed E-state index contributed by atoms with van der Waals surface area (Å²) < 4.78 is 33.0. The Morgan fingerprint density at radius 2 is 2.00 bits per heavy atom. The smallest absolute Gasteiger partial charge is 0.295 e. The number of aryl methyl sites for hydroxylation is 1. The molecule has 0 radical (unpaired) electrons. The Morgan fingerprint density at radius 1 is 1.20 bits per heavy atom. The highest BCUT2D eigenvalue weighted by Crippen LogP contribution is 2.29. The van der Waals surface area contributed by atoms with Gasteiger partial charge in [-0.25, -0.2) is 0 Å². The van der Waals surface area contributed by atoms with Gasteiger partial charge in [0.1, 0.15) is 6.61 Å². The lowest BCUT2D eigenvalue weighted by atomic mass is 10.1. The standard InChI is InChI=1S/C21H23F2N5O2/c1-14-19-18(10-17(12-24-19)28-5-7-30-8-6-28)20(27-26-14)25-11-15-3-2-4-16(9-15)21(22,23)13-29/h2-4,9-10,12,29H,5-8,11,13H2,1H3,(H,25,27). The van der Waals surface area contributed by atoms with Gasteiger partial charge in [-0.15, -0.1) is 5.10 Å². The van der Waals surface area contributed by atoms with Gasteiger partial charge in [-0.05, 0) is 24.6 Å². The van der Waals surface area contributed by atoms with Gasteiger partial charge >= 0.3 is 0 Å². The van der Waals surface area contributed by atoms with Crippen molar-refractivity contribution in [1.29, 1.82) is 0 Å². The number of rotatable bonds is 6. The summed E-state index contributed by atoms with van der Waals surface area (Å²) in [5, 5.41) is 21.4. The van der Waals surface area contributed by atoms with Crippen LogP contribution in [-0.4, -0.2) is 53.2 Å². The number of aromatic nitrogens is 3. The quantitative estimate of drug-likeness (QED) is 0.641. The minimum absolute atomic E-state index is 0.222. The van der Waals surface area contributed by atoms with E-state index in [4.69, 9.17) is 9.84 Å². The van der Waals surface area contributed by atoms with Gasteiger partial charge in [-0.3, -0.25) is 4.98 Å². The molecule has 1 saturated heterocycles. The van der Waals surface area contributed by atoms with Crippen molar-refractivity contribution in [2.75, 3.05) is 43.1 Å². The van der Waals surface area contributed by atoms with E-state index in [9.17, 15) is 8.78 Å². The molecule has 0 atom stereocenters. The normalized spacial score (nSPS) is 14.9. The number of halogens is 2. The van der Waals surface area contributed by atoms with Gasteiger partial charge in [0.2, 0.25) is 0 Å². The first kappa shape index (κ1) is 20.4. The van der Waals surface area contributed by atoms with E-state index >= 15 is 0 Å². The van der Waals surface area contributed by atoms with Crippen molar-refractivity contribution in [2.24, 2.45) is 0 Å². The van der Waals surface area contributed by atoms with Crippen molar-refractivity contribution in [2.45, 2.75) is 19.4 Å². The van der Waals surface area contributed by atoms with E-state index < -0.39 is 12.5 Å². The van der Waals surface area contributed by atoms with Crippen LogP contribution in [0, 0.1) is 6.92 Å². The summed E-state index contributed by atoms with van der Waals surface area (Å²) in [6.07, 6.45) is 1.83. The Bertz CT molecular complexity index is 1040. The number of aliphatic hydroxyl groups is 1. The lowest BCUT2D eigenvalue weighted by Crippen LogP contribution is -2.36. The molecular weight excluding hydrogens is 392 g/mol. The lowest BCUT2D eigenvalue weighted by molar-refractivity contribution is -0.0556. The molecule has 0 unspecified atom stereocenters. The molecule has 0 aliphatic carbocycles. The second-order valence-electron chi connectivity index (χ2n) is 7.24. The molecule has 3 aromatic rings. The zero-order valence-corrected chi connectivity index (χ0v) is 16.6. The van der Waals surface area contributed by atoms with E-state index in [2.05, 4.69) is 25.4 Å². The van der Waals surface area contributed by atoms with Gasteiger partial charge in [0.15, 0.2) is 5.82 Å². The topological polar surface area (TPSA) is 83.4 Å². The number of hydrogen-bond acceptors (Lipinski definition) is 7. The number of ether oxygens (including phenoxy) is 1. The van der Waals surface area contributed by atoms with Crippen LogP contribution in [0.4, 0.5) is 20.3 Å². The fourth-order valence-corrected chi connectivity index (χ4v) is 3.46. The third-order valence-corrected chi connectivity index (χ3v) is 5.16. The predicted molar refractivity (Wildman–Crippen MR) is 110 cm³/mol. The van der Waals surface area contributed by atoms with Crippen LogP contribution < -0.4 is 10.2 Å². The summed E-state index contributed by atoms with van der Waals surface area (Å²) in [6.45, 7) is 3.83. The van der Waals surface area contributed by atoms with E-state index in [0.717, 1.165) is 29.7 Å². The summed E-state index contributed by atoms with van der Waals surface area (Å²) in [5.41, 5.74) is 2.86. The molecule has 0 spiro atoms. The zero-order chi connectivity index (χ0) is 21.1. The van der Waals surface area contributed by atoms with Crippen LogP contribution in [-0.2, 0) is 17.2 Å². The average Bonchev–Trinajstić information content (AvgIpc) is 2.79. The second kappa shape index (κ2) is 8.45. The fraction of sp³-hybridized carbons (Fsp3) is 0.381.